The van der Waals surface area contributed by atoms with E-state index >= 15 is 0 Å². The van der Waals surface area contributed by atoms with Crippen LogP contribution in [0.3, 0.4) is 0 Å². The predicted molar refractivity (Wildman–Crippen MR) is 160 cm³/mol. The van der Waals surface area contributed by atoms with E-state index in [9.17, 15) is 0 Å². The zero-order valence-electron chi connectivity index (χ0n) is 23.5. The summed E-state index contributed by atoms with van der Waals surface area (Å²) >= 11 is 0. The molecular weight excluding hydrogens is 448 g/mol. The minimum absolute atomic E-state index is 0.537. The molecule has 0 radical (unpaired) electrons. The van der Waals surface area contributed by atoms with E-state index in [0.717, 1.165) is 48.1 Å². The van der Waals surface area contributed by atoms with Crippen LogP contribution in [0.4, 0.5) is 0 Å². The van der Waals surface area contributed by atoms with E-state index in [1.807, 2.05) is 39.1 Å². The van der Waals surface area contributed by atoms with E-state index in [4.69, 9.17) is 5.26 Å². The molecule has 0 aliphatic heterocycles. The minimum Gasteiger partial charge on any atom is -0.261 e. The number of benzene rings is 2. The van der Waals surface area contributed by atoms with Gasteiger partial charge in [0.2, 0.25) is 0 Å². The van der Waals surface area contributed by atoms with Crippen molar-refractivity contribution in [1.82, 2.24) is 4.98 Å². The molecule has 0 amide bonds. The second-order valence-corrected chi connectivity index (χ2v) is 9.62. The lowest BCUT2D eigenvalue weighted by molar-refractivity contribution is 0.866. The van der Waals surface area contributed by atoms with Crippen molar-refractivity contribution in [2.75, 3.05) is 0 Å². The Morgan fingerprint density at radius 3 is 2.22 bits per heavy atom. The first-order chi connectivity index (χ1) is 17.8. The summed E-state index contributed by atoms with van der Waals surface area (Å²) in [4.78, 5) is 4.45. The first-order valence-electron chi connectivity index (χ1n) is 13.4. The number of allylic oxidation sites excluding steroid dienone is 5. The fourth-order valence-corrected chi connectivity index (χ4v) is 4.28. The number of nitrogens with zero attached hydrogens (tertiary/aromatic N) is 2. The largest absolute Gasteiger partial charge is 0.261 e. The molecule has 3 rings (SSSR count). The molecule has 0 aliphatic carbocycles. The first-order valence-corrected chi connectivity index (χ1v) is 13.4. The summed E-state index contributed by atoms with van der Waals surface area (Å²) in [5, 5.41) is 9.07. The zero-order chi connectivity index (χ0) is 27.2. The average Bonchev–Trinajstić information content (AvgIpc) is 2.92. The standard InChI is InChI=1S/C19H23N.C16H19N/c1-4-8-15(2)19-13-16(3)20-14-18(19)12-11-17-9-6-5-7-10-17;1-5-13(11-17)16(6-2)15-9-7-14(8-10-15)12(3)4/h5-7,9-10,13-14H,2,4,8,11-12H2,1,3H3;5-10,12H,1-4H3/b;13-5-,16-6+. The summed E-state index contributed by atoms with van der Waals surface area (Å²) in [7, 11) is 0. The van der Waals surface area contributed by atoms with Gasteiger partial charge in [0.15, 0.2) is 0 Å². The summed E-state index contributed by atoms with van der Waals surface area (Å²) in [6.45, 7) is 16.7. The smallest absolute Gasteiger partial charge is 0.0994 e. The molecule has 0 atom stereocenters. The predicted octanol–water partition coefficient (Wildman–Crippen LogP) is 9.67. The van der Waals surface area contributed by atoms with Gasteiger partial charge in [-0.15, -0.1) is 0 Å². The Kier molecular flexibility index (Phi) is 12.3. The van der Waals surface area contributed by atoms with Gasteiger partial charge < -0.3 is 0 Å². The second-order valence-electron chi connectivity index (χ2n) is 9.62. The average molecular weight is 491 g/mol. The molecule has 2 aromatic carbocycles. The van der Waals surface area contributed by atoms with Gasteiger partial charge in [-0.25, -0.2) is 0 Å². The number of pyridine rings is 1. The van der Waals surface area contributed by atoms with Crippen LogP contribution in [0.5, 0.6) is 0 Å². The van der Waals surface area contributed by atoms with Gasteiger partial charge in [0.25, 0.3) is 0 Å². The van der Waals surface area contributed by atoms with Gasteiger partial charge >= 0.3 is 0 Å². The molecule has 0 saturated carbocycles. The molecule has 37 heavy (non-hydrogen) atoms. The van der Waals surface area contributed by atoms with Gasteiger partial charge in [0.1, 0.15) is 0 Å². The molecule has 192 valence electrons. The topological polar surface area (TPSA) is 36.7 Å². The van der Waals surface area contributed by atoms with Crippen molar-refractivity contribution in [3.63, 3.8) is 0 Å². The Morgan fingerprint density at radius 2 is 1.68 bits per heavy atom. The van der Waals surface area contributed by atoms with Crippen molar-refractivity contribution in [3.05, 3.63) is 125 Å². The van der Waals surface area contributed by atoms with Crippen LogP contribution in [0.15, 0.2) is 91.2 Å². The maximum absolute atomic E-state index is 9.07. The van der Waals surface area contributed by atoms with Gasteiger partial charge in [-0.3, -0.25) is 4.98 Å². The lowest BCUT2D eigenvalue weighted by Crippen LogP contribution is -1.99. The summed E-state index contributed by atoms with van der Waals surface area (Å²) in [5.41, 5.74) is 10.5. The summed E-state index contributed by atoms with van der Waals surface area (Å²) in [6.07, 6.45) is 10.1. The molecule has 2 nitrogen and oxygen atoms in total. The molecular formula is C35H42N2. The van der Waals surface area contributed by atoms with E-state index in [2.05, 4.69) is 99.1 Å². The van der Waals surface area contributed by atoms with Gasteiger partial charge in [-0.1, -0.05) is 101 Å². The van der Waals surface area contributed by atoms with Crippen LogP contribution in [0.1, 0.15) is 86.9 Å². The second kappa shape index (κ2) is 15.4. The van der Waals surface area contributed by atoms with Gasteiger partial charge in [0.05, 0.1) is 11.6 Å². The van der Waals surface area contributed by atoms with Crippen molar-refractivity contribution >= 4 is 11.1 Å². The SMILES string of the molecule is C/C=C(\C(C#N)=C/C)c1ccc(C(C)C)cc1.C=C(CCC)c1cc(C)ncc1CCc1ccccc1. The highest BCUT2D eigenvalue weighted by Crippen LogP contribution is 2.25. The highest BCUT2D eigenvalue weighted by atomic mass is 14.7. The van der Waals surface area contributed by atoms with Gasteiger partial charge in [-0.05, 0) is 91.0 Å². The minimum atomic E-state index is 0.537. The molecule has 0 N–H and O–H groups in total. The fraction of sp³-hybridized carbons (Fsp3) is 0.314. The van der Waals surface area contributed by atoms with Crippen LogP contribution in [0, 0.1) is 18.3 Å². The lowest BCUT2D eigenvalue weighted by atomic mass is 9.95. The molecule has 0 saturated heterocycles. The molecule has 0 aliphatic rings. The third kappa shape index (κ3) is 9.03. The van der Waals surface area contributed by atoms with Gasteiger partial charge in [-0.2, -0.15) is 5.26 Å². The van der Waals surface area contributed by atoms with Crippen LogP contribution >= 0.6 is 0 Å². The van der Waals surface area contributed by atoms with Crippen LogP contribution in [0.25, 0.3) is 11.1 Å². The van der Waals surface area contributed by atoms with Crippen LogP contribution < -0.4 is 0 Å². The molecule has 0 fully saturated rings. The molecule has 3 aromatic rings. The Bertz CT molecular complexity index is 1240. The molecule has 0 unspecified atom stereocenters. The number of aryl methyl sites for hydroxylation is 3. The maximum atomic E-state index is 9.07. The number of rotatable bonds is 9. The highest BCUT2D eigenvalue weighted by molar-refractivity contribution is 5.82. The van der Waals surface area contributed by atoms with Crippen molar-refractivity contribution in [2.24, 2.45) is 0 Å². The number of nitriles is 1. The van der Waals surface area contributed by atoms with Crippen LogP contribution in [0.2, 0.25) is 0 Å². The van der Waals surface area contributed by atoms with Crippen LogP contribution in [-0.2, 0) is 12.8 Å². The van der Waals surface area contributed by atoms with E-state index in [0.29, 0.717) is 5.92 Å². The zero-order valence-corrected chi connectivity index (χ0v) is 23.5. The Balaban J connectivity index is 0.000000264. The normalized spacial score (nSPS) is 11.5. The Hall–Kier alpha value is -3.70. The fourth-order valence-electron chi connectivity index (χ4n) is 4.28. The number of hydrogen-bond acceptors (Lipinski definition) is 2. The monoisotopic (exact) mass is 490 g/mol. The van der Waals surface area contributed by atoms with E-state index < -0.39 is 0 Å². The number of hydrogen-bond donors (Lipinski definition) is 0. The molecule has 0 spiro atoms. The van der Waals surface area contributed by atoms with Crippen molar-refractivity contribution in [1.29, 1.82) is 5.26 Å². The number of aromatic nitrogens is 1. The highest BCUT2D eigenvalue weighted by Gasteiger charge is 2.08. The third-order valence-corrected chi connectivity index (χ3v) is 6.46. The molecule has 2 heteroatoms. The van der Waals surface area contributed by atoms with E-state index in [1.54, 1.807) is 0 Å². The van der Waals surface area contributed by atoms with Crippen molar-refractivity contribution < 1.29 is 0 Å². The summed E-state index contributed by atoms with van der Waals surface area (Å²) < 4.78 is 0. The lowest BCUT2D eigenvalue weighted by Gasteiger charge is -2.12. The molecule has 0 bridgehead atoms. The third-order valence-electron chi connectivity index (χ3n) is 6.46. The van der Waals surface area contributed by atoms with E-state index in [1.165, 1.54) is 27.8 Å². The van der Waals surface area contributed by atoms with Crippen molar-refractivity contribution in [3.8, 4) is 6.07 Å². The summed E-state index contributed by atoms with van der Waals surface area (Å²) in [6, 6.07) is 23.5. The summed E-state index contributed by atoms with van der Waals surface area (Å²) in [5.74, 6) is 0.537. The van der Waals surface area contributed by atoms with Crippen LogP contribution in [-0.4, -0.2) is 4.98 Å². The van der Waals surface area contributed by atoms with E-state index in [-0.39, 0.29) is 0 Å². The van der Waals surface area contributed by atoms with Crippen molar-refractivity contribution in [2.45, 2.75) is 73.1 Å². The maximum Gasteiger partial charge on any atom is 0.0994 e. The Labute approximate surface area is 225 Å². The molecule has 1 heterocycles. The molecule has 1 aromatic heterocycles. The quantitative estimate of drug-likeness (QED) is 0.221. The van der Waals surface area contributed by atoms with Gasteiger partial charge in [0, 0.05) is 11.9 Å². The first kappa shape index (κ1) is 29.5. The Morgan fingerprint density at radius 1 is 1.00 bits per heavy atom.